The fourth-order valence-corrected chi connectivity index (χ4v) is 0.837. The number of rotatable bonds is 5. The zero-order valence-corrected chi connectivity index (χ0v) is 6.92. The van der Waals surface area contributed by atoms with Crippen LogP contribution in [0.2, 0.25) is 0 Å². The van der Waals surface area contributed by atoms with Crippen LogP contribution in [0.1, 0.15) is 13.8 Å². The molecule has 0 heterocycles. The summed E-state index contributed by atoms with van der Waals surface area (Å²) >= 11 is 0. The SMILES string of the molecule is COC[C@H](C)N[C@H](C)CO. The van der Waals surface area contributed by atoms with Gasteiger partial charge in [-0.2, -0.15) is 0 Å². The molecule has 0 aromatic rings. The van der Waals surface area contributed by atoms with Gasteiger partial charge in [0, 0.05) is 19.2 Å². The van der Waals surface area contributed by atoms with Crippen LogP contribution >= 0.6 is 0 Å². The van der Waals surface area contributed by atoms with Gasteiger partial charge in [-0.15, -0.1) is 0 Å². The molecule has 0 radical (unpaired) electrons. The molecule has 3 nitrogen and oxygen atoms in total. The number of ether oxygens (including phenoxy) is 1. The third-order valence-corrected chi connectivity index (χ3v) is 1.26. The topological polar surface area (TPSA) is 41.5 Å². The van der Waals surface area contributed by atoms with Gasteiger partial charge >= 0.3 is 0 Å². The van der Waals surface area contributed by atoms with E-state index in [1.807, 2.05) is 13.8 Å². The first kappa shape index (κ1) is 9.88. The zero-order chi connectivity index (χ0) is 7.98. The minimum absolute atomic E-state index is 0.158. The fraction of sp³-hybridized carbons (Fsp3) is 1.00. The Morgan fingerprint density at radius 3 is 2.40 bits per heavy atom. The van der Waals surface area contributed by atoms with Gasteiger partial charge in [-0.1, -0.05) is 0 Å². The van der Waals surface area contributed by atoms with Crippen molar-refractivity contribution in [2.75, 3.05) is 20.3 Å². The van der Waals surface area contributed by atoms with Gasteiger partial charge in [0.25, 0.3) is 0 Å². The Hall–Kier alpha value is -0.120. The molecule has 3 heteroatoms. The van der Waals surface area contributed by atoms with Gasteiger partial charge in [0.1, 0.15) is 0 Å². The van der Waals surface area contributed by atoms with E-state index in [0.29, 0.717) is 12.6 Å². The quantitative estimate of drug-likeness (QED) is 0.575. The third kappa shape index (κ3) is 4.73. The van der Waals surface area contributed by atoms with Gasteiger partial charge in [0.2, 0.25) is 0 Å². The van der Waals surface area contributed by atoms with Crippen molar-refractivity contribution in [1.82, 2.24) is 5.32 Å². The largest absolute Gasteiger partial charge is 0.395 e. The highest BCUT2D eigenvalue weighted by Crippen LogP contribution is 1.86. The predicted molar refractivity (Wildman–Crippen MR) is 41.0 cm³/mol. The van der Waals surface area contributed by atoms with Crippen molar-refractivity contribution in [3.63, 3.8) is 0 Å². The van der Waals surface area contributed by atoms with Crippen LogP contribution in [-0.2, 0) is 4.74 Å². The maximum absolute atomic E-state index is 8.65. The van der Waals surface area contributed by atoms with E-state index >= 15 is 0 Å². The Labute approximate surface area is 62.4 Å². The lowest BCUT2D eigenvalue weighted by Crippen LogP contribution is -2.39. The minimum atomic E-state index is 0.158. The Balaban J connectivity index is 3.27. The summed E-state index contributed by atoms with van der Waals surface area (Å²) < 4.78 is 4.90. The molecule has 0 unspecified atom stereocenters. The smallest absolute Gasteiger partial charge is 0.0613 e. The van der Waals surface area contributed by atoms with E-state index in [2.05, 4.69) is 5.32 Å². The second kappa shape index (κ2) is 5.65. The third-order valence-electron chi connectivity index (χ3n) is 1.26. The van der Waals surface area contributed by atoms with E-state index < -0.39 is 0 Å². The highest BCUT2D eigenvalue weighted by Gasteiger charge is 2.04. The fourth-order valence-electron chi connectivity index (χ4n) is 0.837. The van der Waals surface area contributed by atoms with E-state index in [9.17, 15) is 0 Å². The van der Waals surface area contributed by atoms with Gasteiger partial charge < -0.3 is 15.2 Å². The van der Waals surface area contributed by atoms with Crippen LogP contribution in [0.15, 0.2) is 0 Å². The number of hydrogen-bond donors (Lipinski definition) is 2. The molecule has 2 N–H and O–H groups in total. The summed E-state index contributed by atoms with van der Waals surface area (Å²) in [5.41, 5.74) is 0. The van der Waals surface area contributed by atoms with Crippen LogP contribution in [-0.4, -0.2) is 37.5 Å². The molecule has 0 aliphatic carbocycles. The van der Waals surface area contributed by atoms with Crippen LogP contribution in [0.4, 0.5) is 0 Å². The van der Waals surface area contributed by atoms with Crippen LogP contribution in [0.3, 0.4) is 0 Å². The summed E-state index contributed by atoms with van der Waals surface area (Å²) in [5.74, 6) is 0. The van der Waals surface area contributed by atoms with Crippen LogP contribution in [0, 0.1) is 0 Å². The molecule has 0 fully saturated rings. The molecule has 2 atom stereocenters. The lowest BCUT2D eigenvalue weighted by atomic mass is 10.3. The molecule has 62 valence electrons. The van der Waals surface area contributed by atoms with E-state index in [1.54, 1.807) is 7.11 Å². The number of nitrogens with one attached hydrogen (secondary N) is 1. The molecular formula is C7H17NO2. The Kier molecular flexibility index (Phi) is 5.58. The van der Waals surface area contributed by atoms with Crippen LogP contribution in [0.5, 0.6) is 0 Å². The Morgan fingerprint density at radius 2 is 2.00 bits per heavy atom. The van der Waals surface area contributed by atoms with Crippen molar-refractivity contribution in [1.29, 1.82) is 0 Å². The molecule has 0 spiro atoms. The number of methoxy groups -OCH3 is 1. The van der Waals surface area contributed by atoms with E-state index in [-0.39, 0.29) is 12.6 Å². The zero-order valence-electron chi connectivity index (χ0n) is 6.92. The van der Waals surface area contributed by atoms with Crippen molar-refractivity contribution in [2.45, 2.75) is 25.9 Å². The first-order valence-corrected chi connectivity index (χ1v) is 3.56. The van der Waals surface area contributed by atoms with Crippen molar-refractivity contribution < 1.29 is 9.84 Å². The van der Waals surface area contributed by atoms with Gasteiger partial charge in [-0.25, -0.2) is 0 Å². The van der Waals surface area contributed by atoms with Gasteiger partial charge in [0.15, 0.2) is 0 Å². The predicted octanol–water partition coefficient (Wildman–Crippen LogP) is -0.00830. The molecule has 0 aliphatic rings. The van der Waals surface area contributed by atoms with Gasteiger partial charge in [0.05, 0.1) is 13.2 Å². The van der Waals surface area contributed by atoms with E-state index in [1.165, 1.54) is 0 Å². The molecule has 0 bridgehead atoms. The van der Waals surface area contributed by atoms with E-state index in [4.69, 9.17) is 9.84 Å². The molecule has 0 saturated heterocycles. The molecule has 0 aromatic heterocycles. The van der Waals surface area contributed by atoms with Crippen LogP contribution in [0.25, 0.3) is 0 Å². The average molecular weight is 147 g/mol. The summed E-state index contributed by atoms with van der Waals surface area (Å²) in [6.07, 6.45) is 0. The molecule has 0 aromatic carbocycles. The average Bonchev–Trinajstić information content (AvgIpc) is 1.88. The van der Waals surface area contributed by atoms with Crippen molar-refractivity contribution >= 4 is 0 Å². The minimum Gasteiger partial charge on any atom is -0.395 e. The molecule has 0 amide bonds. The Morgan fingerprint density at radius 1 is 1.40 bits per heavy atom. The lowest BCUT2D eigenvalue weighted by Gasteiger charge is -2.16. The number of aliphatic hydroxyl groups excluding tert-OH is 1. The maximum Gasteiger partial charge on any atom is 0.0613 e. The van der Waals surface area contributed by atoms with Crippen molar-refractivity contribution in [3.8, 4) is 0 Å². The number of aliphatic hydroxyl groups is 1. The maximum atomic E-state index is 8.65. The van der Waals surface area contributed by atoms with Gasteiger partial charge in [-0.05, 0) is 13.8 Å². The molecule has 10 heavy (non-hydrogen) atoms. The second-order valence-electron chi connectivity index (χ2n) is 2.61. The summed E-state index contributed by atoms with van der Waals surface area (Å²) in [7, 11) is 1.67. The summed E-state index contributed by atoms with van der Waals surface area (Å²) in [6.45, 7) is 4.82. The molecule has 0 saturated carbocycles. The van der Waals surface area contributed by atoms with Crippen LogP contribution < -0.4 is 5.32 Å². The molecular weight excluding hydrogens is 130 g/mol. The first-order valence-electron chi connectivity index (χ1n) is 3.56. The van der Waals surface area contributed by atoms with E-state index in [0.717, 1.165) is 0 Å². The second-order valence-corrected chi connectivity index (χ2v) is 2.61. The summed E-state index contributed by atoms with van der Waals surface area (Å²) in [4.78, 5) is 0. The highest BCUT2D eigenvalue weighted by atomic mass is 16.5. The Bertz CT molecular complexity index is 78.0. The highest BCUT2D eigenvalue weighted by molar-refractivity contribution is 4.64. The molecule has 0 rings (SSSR count). The normalized spacial score (nSPS) is 16.8. The molecule has 0 aliphatic heterocycles. The monoisotopic (exact) mass is 147 g/mol. The number of hydrogen-bond acceptors (Lipinski definition) is 3. The first-order chi connectivity index (χ1) is 4.70. The standard InChI is InChI=1S/C7H17NO2/c1-6(4-9)8-7(2)5-10-3/h6-9H,4-5H2,1-3H3/t6-,7+/m1/s1. The van der Waals surface area contributed by atoms with Gasteiger partial charge in [-0.3, -0.25) is 0 Å². The summed E-state index contributed by atoms with van der Waals surface area (Å²) in [6, 6.07) is 0.470. The van der Waals surface area contributed by atoms with Crippen molar-refractivity contribution in [3.05, 3.63) is 0 Å². The van der Waals surface area contributed by atoms with Crippen molar-refractivity contribution in [2.24, 2.45) is 0 Å². The lowest BCUT2D eigenvalue weighted by molar-refractivity contribution is 0.157. The summed E-state index contributed by atoms with van der Waals surface area (Å²) in [5, 5.41) is 11.8.